The van der Waals surface area contributed by atoms with Gasteiger partial charge in [0.05, 0.1) is 5.69 Å². The van der Waals surface area contributed by atoms with Crippen LogP contribution < -0.4 is 4.90 Å². The summed E-state index contributed by atoms with van der Waals surface area (Å²) in [6.07, 6.45) is 2.04. The first kappa shape index (κ1) is 38.0. The van der Waals surface area contributed by atoms with Crippen LogP contribution in [0, 0.1) is 0 Å². The lowest BCUT2D eigenvalue weighted by Crippen LogP contribution is -2.16. The van der Waals surface area contributed by atoms with Crippen LogP contribution in [-0.4, -0.2) is 0 Å². The van der Waals surface area contributed by atoms with Crippen LogP contribution in [0.5, 0.6) is 0 Å². The second kappa shape index (κ2) is 16.4. The fourth-order valence-corrected chi connectivity index (χ4v) is 9.52. The van der Waals surface area contributed by atoms with E-state index in [2.05, 4.69) is 249 Å². The lowest BCUT2D eigenvalue weighted by molar-refractivity contribution is 0.660. The molecule has 1 aliphatic rings. The molecule has 0 aliphatic heterocycles. The third-order valence-corrected chi connectivity index (χ3v) is 12.8. The van der Waals surface area contributed by atoms with Gasteiger partial charge < -0.3 is 4.90 Å². The summed E-state index contributed by atoms with van der Waals surface area (Å²) in [5.41, 5.74) is 20.2. The van der Waals surface area contributed by atoms with Gasteiger partial charge in [-0.3, -0.25) is 0 Å². The fourth-order valence-electron chi connectivity index (χ4n) is 9.52. The maximum Gasteiger partial charge on any atom is 0.0540 e. The lowest BCUT2D eigenvalue weighted by Gasteiger charge is -2.29. The Morgan fingerprint density at radius 1 is 0.377 bits per heavy atom. The van der Waals surface area contributed by atoms with Gasteiger partial charge in [0.1, 0.15) is 0 Å². The number of anilines is 3. The fraction of sp³-hybridized carbons (Fsp3) is 0.100. The molecule has 0 fully saturated rings. The highest BCUT2D eigenvalue weighted by atomic mass is 15.1. The van der Waals surface area contributed by atoms with Crippen molar-refractivity contribution in [2.75, 3.05) is 4.90 Å². The molecule has 10 rings (SSSR count). The molecular weight excluding hydrogens is 735 g/mol. The van der Waals surface area contributed by atoms with E-state index in [0.717, 1.165) is 29.9 Å². The number of rotatable bonds is 11. The first-order chi connectivity index (χ1) is 30.0. The molecule has 0 amide bonds. The third-order valence-electron chi connectivity index (χ3n) is 12.8. The highest BCUT2D eigenvalue weighted by Crippen LogP contribution is 2.51. The van der Waals surface area contributed by atoms with Crippen LogP contribution in [0.2, 0.25) is 0 Å². The zero-order chi connectivity index (χ0) is 41.2. The number of aryl methyl sites for hydroxylation is 1. The molecule has 1 nitrogen and oxygen atoms in total. The van der Waals surface area contributed by atoms with E-state index in [9.17, 15) is 0 Å². The zero-order valence-electron chi connectivity index (χ0n) is 34.9. The van der Waals surface area contributed by atoms with Gasteiger partial charge in [-0.05, 0) is 110 Å². The SMILES string of the molecule is CC1(C)c2ccccc2-c2ccc(N(c3ccccc3)c3ccccc3-c3ccc(-c4ccc(CCC(c5ccccc5)c5ccc(-c6ccccc6)cc5)cc4)cc3)cc21. The number of hydrogen-bond donors (Lipinski definition) is 0. The van der Waals surface area contributed by atoms with E-state index in [1.54, 1.807) is 0 Å². The topological polar surface area (TPSA) is 3.24 Å². The molecule has 0 bridgehead atoms. The van der Waals surface area contributed by atoms with Gasteiger partial charge in [-0.1, -0.05) is 214 Å². The predicted molar refractivity (Wildman–Crippen MR) is 258 cm³/mol. The van der Waals surface area contributed by atoms with Crippen molar-refractivity contribution in [2.24, 2.45) is 0 Å². The Kier molecular flexibility index (Phi) is 10.2. The molecule has 294 valence electrons. The van der Waals surface area contributed by atoms with E-state index in [0.29, 0.717) is 5.92 Å². The molecule has 0 radical (unpaired) electrons. The second-order valence-corrected chi connectivity index (χ2v) is 16.9. The molecule has 0 saturated carbocycles. The van der Waals surface area contributed by atoms with E-state index < -0.39 is 0 Å². The monoisotopic (exact) mass is 783 g/mol. The molecular formula is C60H49N. The van der Waals surface area contributed by atoms with Gasteiger partial charge in [-0.25, -0.2) is 0 Å². The maximum atomic E-state index is 2.42. The second-order valence-electron chi connectivity index (χ2n) is 16.9. The summed E-state index contributed by atoms with van der Waals surface area (Å²) in [5.74, 6) is 0.325. The average molecular weight is 784 g/mol. The van der Waals surface area contributed by atoms with Crippen molar-refractivity contribution in [2.45, 2.75) is 38.0 Å². The van der Waals surface area contributed by atoms with Gasteiger partial charge in [-0.2, -0.15) is 0 Å². The predicted octanol–water partition coefficient (Wildman–Crippen LogP) is 16.2. The van der Waals surface area contributed by atoms with Crippen molar-refractivity contribution in [1.82, 2.24) is 0 Å². The van der Waals surface area contributed by atoms with E-state index in [4.69, 9.17) is 0 Å². The van der Waals surface area contributed by atoms with Gasteiger partial charge in [-0.15, -0.1) is 0 Å². The minimum Gasteiger partial charge on any atom is -0.310 e. The van der Waals surface area contributed by atoms with Crippen LogP contribution in [-0.2, 0) is 11.8 Å². The summed E-state index contributed by atoms with van der Waals surface area (Å²) < 4.78 is 0. The van der Waals surface area contributed by atoms with E-state index >= 15 is 0 Å². The van der Waals surface area contributed by atoms with Gasteiger partial charge in [0, 0.05) is 28.3 Å². The average Bonchev–Trinajstić information content (AvgIpc) is 3.56. The van der Waals surface area contributed by atoms with Crippen molar-refractivity contribution < 1.29 is 0 Å². The van der Waals surface area contributed by atoms with E-state index in [1.807, 2.05) is 0 Å². The Bertz CT molecular complexity index is 2890. The summed E-state index contributed by atoms with van der Waals surface area (Å²) in [6.45, 7) is 4.71. The van der Waals surface area contributed by atoms with E-state index in [1.165, 1.54) is 72.3 Å². The highest BCUT2D eigenvalue weighted by Gasteiger charge is 2.35. The molecule has 61 heavy (non-hydrogen) atoms. The summed E-state index contributed by atoms with van der Waals surface area (Å²) in [4.78, 5) is 2.42. The number of benzene rings is 9. The minimum absolute atomic E-state index is 0.0850. The summed E-state index contributed by atoms with van der Waals surface area (Å²) in [5, 5.41) is 0. The van der Waals surface area contributed by atoms with Gasteiger partial charge in [0.25, 0.3) is 0 Å². The maximum absolute atomic E-state index is 2.42. The van der Waals surface area contributed by atoms with Crippen molar-refractivity contribution in [3.8, 4) is 44.5 Å². The highest BCUT2D eigenvalue weighted by molar-refractivity contribution is 5.91. The van der Waals surface area contributed by atoms with Crippen molar-refractivity contribution >= 4 is 17.1 Å². The molecule has 1 atom stereocenters. The van der Waals surface area contributed by atoms with Crippen LogP contribution in [0.15, 0.2) is 231 Å². The van der Waals surface area contributed by atoms with Crippen LogP contribution in [0.4, 0.5) is 17.1 Å². The summed E-state index contributed by atoms with van der Waals surface area (Å²) >= 11 is 0. The smallest absolute Gasteiger partial charge is 0.0540 e. The Hall–Kier alpha value is -7.22. The third kappa shape index (κ3) is 7.49. The number of fused-ring (bicyclic) bond motifs is 3. The quantitative estimate of drug-likeness (QED) is 0.126. The largest absolute Gasteiger partial charge is 0.310 e. The van der Waals surface area contributed by atoms with Crippen LogP contribution in [0.25, 0.3) is 44.5 Å². The molecule has 1 aliphatic carbocycles. The Balaban J connectivity index is 0.898. The van der Waals surface area contributed by atoms with Crippen LogP contribution >= 0.6 is 0 Å². The summed E-state index contributed by atoms with van der Waals surface area (Å²) in [7, 11) is 0. The number of hydrogen-bond acceptors (Lipinski definition) is 1. The molecule has 0 saturated heterocycles. The van der Waals surface area contributed by atoms with E-state index in [-0.39, 0.29) is 5.41 Å². The van der Waals surface area contributed by atoms with Crippen LogP contribution in [0.3, 0.4) is 0 Å². The number of nitrogens with zero attached hydrogens (tertiary/aromatic N) is 1. The molecule has 1 heteroatoms. The van der Waals surface area contributed by atoms with Gasteiger partial charge in [0.2, 0.25) is 0 Å². The van der Waals surface area contributed by atoms with Gasteiger partial charge in [0.15, 0.2) is 0 Å². The molecule has 0 heterocycles. The molecule has 0 N–H and O–H groups in total. The first-order valence-corrected chi connectivity index (χ1v) is 21.6. The van der Waals surface area contributed by atoms with Crippen LogP contribution in [0.1, 0.15) is 54.0 Å². The normalized spacial score (nSPS) is 13.0. The molecule has 0 spiro atoms. The molecule has 9 aromatic rings. The summed E-state index contributed by atoms with van der Waals surface area (Å²) in [6, 6.07) is 84.6. The van der Waals surface area contributed by atoms with Crippen molar-refractivity contribution in [1.29, 1.82) is 0 Å². The Morgan fingerprint density at radius 2 is 0.869 bits per heavy atom. The van der Waals surface area contributed by atoms with Crippen molar-refractivity contribution in [3.63, 3.8) is 0 Å². The van der Waals surface area contributed by atoms with Crippen molar-refractivity contribution in [3.05, 3.63) is 258 Å². The zero-order valence-corrected chi connectivity index (χ0v) is 34.9. The first-order valence-electron chi connectivity index (χ1n) is 21.6. The molecule has 0 aromatic heterocycles. The lowest BCUT2D eigenvalue weighted by atomic mass is 9.82. The Morgan fingerprint density at radius 3 is 1.56 bits per heavy atom. The molecule has 9 aromatic carbocycles. The Labute approximate surface area is 361 Å². The van der Waals surface area contributed by atoms with Gasteiger partial charge >= 0.3 is 0 Å². The molecule has 1 unspecified atom stereocenters. The standard InChI is InChI=1S/C60H49N/c1-60(2)57-24-14-12-23-55(57)56-41-39-52(42-58(56)60)61(51-20-10-5-11-21-51)59-25-15-13-22-54(59)50-37-33-47(34-38-50)45-29-26-43(27-30-45)28-40-53(48-18-8-4-9-19-48)49-35-31-46(32-36-49)44-16-6-3-7-17-44/h3-27,29-39,41-42,53H,28,40H2,1-2H3. The number of para-hydroxylation sites is 2. The minimum atomic E-state index is -0.0850.